The number of aliphatic hydroxyl groups is 1. The second-order valence-electron chi connectivity index (χ2n) is 3.91. The number of ketones is 1. The zero-order valence-corrected chi connectivity index (χ0v) is 8.97. The van der Waals surface area contributed by atoms with Crippen molar-refractivity contribution in [2.45, 2.75) is 19.4 Å². The number of hydrogen-bond acceptors (Lipinski definition) is 4. The summed E-state index contributed by atoms with van der Waals surface area (Å²) in [5, 5.41) is 8.89. The summed E-state index contributed by atoms with van der Waals surface area (Å²) >= 11 is 0. The van der Waals surface area contributed by atoms with E-state index in [9.17, 15) is 9.59 Å². The number of carbonyl (C=O) groups is 2. The van der Waals surface area contributed by atoms with Crippen LogP contribution >= 0.6 is 0 Å². The van der Waals surface area contributed by atoms with Gasteiger partial charge in [-0.15, -0.1) is 0 Å². The molecule has 2 rings (SSSR count). The molecular weight excluding hydrogens is 210 g/mol. The molecule has 0 saturated carbocycles. The molecule has 86 valence electrons. The van der Waals surface area contributed by atoms with Crippen LogP contribution in [-0.4, -0.2) is 41.1 Å². The molecule has 5 heteroatoms. The first-order chi connectivity index (χ1) is 7.61. The van der Waals surface area contributed by atoms with Crippen LogP contribution in [0.2, 0.25) is 0 Å². The molecule has 0 aromatic heterocycles. The lowest BCUT2D eigenvalue weighted by Gasteiger charge is -2.19. The van der Waals surface area contributed by atoms with Crippen molar-refractivity contribution in [1.82, 2.24) is 4.90 Å². The van der Waals surface area contributed by atoms with Crippen molar-refractivity contribution in [3.8, 4) is 0 Å². The molecular formula is C11H13NO4. The third-order valence-electron chi connectivity index (χ3n) is 2.73. The van der Waals surface area contributed by atoms with Crippen molar-refractivity contribution < 1.29 is 19.4 Å². The predicted octanol–water partition coefficient (Wildman–Crippen LogP) is 0.603. The van der Waals surface area contributed by atoms with Crippen molar-refractivity contribution >= 4 is 11.9 Å². The van der Waals surface area contributed by atoms with E-state index < -0.39 is 12.2 Å². The summed E-state index contributed by atoms with van der Waals surface area (Å²) in [6.45, 7) is 1.86. The Balaban J connectivity index is 2.15. The van der Waals surface area contributed by atoms with Crippen LogP contribution in [0.25, 0.3) is 0 Å². The van der Waals surface area contributed by atoms with E-state index >= 15 is 0 Å². The largest absolute Gasteiger partial charge is 0.441 e. The highest BCUT2D eigenvalue weighted by molar-refractivity contribution is 5.98. The Hall–Kier alpha value is -1.62. The molecule has 0 radical (unpaired) electrons. The fourth-order valence-corrected chi connectivity index (χ4v) is 1.71. The number of allylic oxidation sites excluding steroid dienone is 4. The molecule has 0 aromatic rings. The van der Waals surface area contributed by atoms with Gasteiger partial charge in [-0.3, -0.25) is 9.69 Å². The van der Waals surface area contributed by atoms with Gasteiger partial charge in [-0.2, -0.15) is 0 Å². The number of carbonyl (C=O) groups excluding carboxylic acids is 2. The van der Waals surface area contributed by atoms with Gasteiger partial charge in [0.05, 0.1) is 19.6 Å². The number of hydrogen-bond donors (Lipinski definition) is 1. The maximum atomic E-state index is 11.5. The third-order valence-corrected chi connectivity index (χ3v) is 2.73. The minimum absolute atomic E-state index is 0.0118. The van der Waals surface area contributed by atoms with E-state index in [0.717, 1.165) is 0 Å². The molecule has 5 nitrogen and oxygen atoms in total. The van der Waals surface area contributed by atoms with E-state index in [1.165, 1.54) is 4.90 Å². The second kappa shape index (κ2) is 4.09. The number of cyclic esters (lactones) is 1. The van der Waals surface area contributed by atoms with Crippen molar-refractivity contribution in [3.05, 3.63) is 23.4 Å². The van der Waals surface area contributed by atoms with E-state index in [4.69, 9.17) is 9.84 Å². The topological polar surface area (TPSA) is 66.8 Å². The zero-order chi connectivity index (χ0) is 11.7. The number of amides is 1. The van der Waals surface area contributed by atoms with E-state index in [1.54, 1.807) is 19.1 Å². The van der Waals surface area contributed by atoms with Crippen molar-refractivity contribution in [2.24, 2.45) is 0 Å². The molecule has 1 amide bonds. The monoisotopic (exact) mass is 223 g/mol. The van der Waals surface area contributed by atoms with Gasteiger partial charge in [0.25, 0.3) is 0 Å². The Morgan fingerprint density at radius 1 is 1.50 bits per heavy atom. The lowest BCUT2D eigenvalue weighted by atomic mass is 10.0. The molecule has 1 atom stereocenters. The van der Waals surface area contributed by atoms with Gasteiger partial charge in [-0.05, 0) is 18.6 Å². The molecule has 1 heterocycles. The highest BCUT2D eigenvalue weighted by Gasteiger charge is 2.34. The van der Waals surface area contributed by atoms with Crippen LogP contribution in [0.5, 0.6) is 0 Å². The van der Waals surface area contributed by atoms with Gasteiger partial charge in [0, 0.05) is 5.70 Å². The van der Waals surface area contributed by atoms with Gasteiger partial charge in [0.2, 0.25) is 0 Å². The smallest absolute Gasteiger partial charge is 0.414 e. The molecule has 1 N–H and O–H groups in total. The standard InChI is InChI=1S/C11H13NO4/c1-7-2-3-8(4-10(7)14)12-5-9(6-13)16-11(12)15/h2-3,9,13H,4-6H2,1H3/t9-/m0/s1. The highest BCUT2D eigenvalue weighted by atomic mass is 16.6. The van der Waals surface area contributed by atoms with Crippen molar-refractivity contribution in [2.75, 3.05) is 13.2 Å². The first-order valence-electron chi connectivity index (χ1n) is 5.11. The lowest BCUT2D eigenvalue weighted by molar-refractivity contribution is -0.115. The number of nitrogens with zero attached hydrogens (tertiary/aromatic N) is 1. The van der Waals surface area contributed by atoms with Gasteiger partial charge in [-0.25, -0.2) is 4.79 Å². The Morgan fingerprint density at radius 3 is 2.81 bits per heavy atom. The summed E-state index contributed by atoms with van der Waals surface area (Å²) in [4.78, 5) is 24.3. The summed E-state index contributed by atoms with van der Waals surface area (Å²) < 4.78 is 4.90. The maximum absolute atomic E-state index is 11.5. The van der Waals surface area contributed by atoms with Crippen molar-refractivity contribution in [3.63, 3.8) is 0 Å². The highest BCUT2D eigenvalue weighted by Crippen LogP contribution is 2.23. The summed E-state index contributed by atoms with van der Waals surface area (Å²) in [7, 11) is 0. The fourth-order valence-electron chi connectivity index (χ4n) is 1.71. The molecule has 0 unspecified atom stereocenters. The minimum Gasteiger partial charge on any atom is -0.441 e. The fraction of sp³-hybridized carbons (Fsp3) is 0.455. The van der Waals surface area contributed by atoms with Crippen LogP contribution in [0.4, 0.5) is 4.79 Å². The van der Waals surface area contributed by atoms with Gasteiger partial charge in [0.15, 0.2) is 5.78 Å². The predicted molar refractivity (Wildman–Crippen MR) is 55.5 cm³/mol. The normalized spacial score (nSPS) is 25.4. The van der Waals surface area contributed by atoms with E-state index in [0.29, 0.717) is 17.8 Å². The minimum atomic E-state index is -0.494. The van der Waals surface area contributed by atoms with E-state index in [2.05, 4.69) is 0 Å². The van der Waals surface area contributed by atoms with Crippen molar-refractivity contribution in [1.29, 1.82) is 0 Å². The molecule has 1 saturated heterocycles. The van der Waals surface area contributed by atoms with E-state index in [1.807, 2.05) is 0 Å². The van der Waals surface area contributed by atoms with Gasteiger partial charge >= 0.3 is 6.09 Å². The summed E-state index contributed by atoms with van der Waals surface area (Å²) in [6.07, 6.45) is 2.68. The first-order valence-corrected chi connectivity index (χ1v) is 5.11. The molecule has 0 bridgehead atoms. The zero-order valence-electron chi connectivity index (χ0n) is 8.97. The third kappa shape index (κ3) is 1.86. The van der Waals surface area contributed by atoms with E-state index in [-0.39, 0.29) is 18.8 Å². The number of Topliss-reactive ketones (excluding diaryl/α,β-unsaturated/α-hetero) is 1. The molecule has 2 aliphatic rings. The Morgan fingerprint density at radius 2 is 2.25 bits per heavy atom. The SMILES string of the molecule is CC1=CC=C(N2C[C@@H](CO)OC2=O)CC1=O. The summed E-state index contributed by atoms with van der Waals surface area (Å²) in [5.74, 6) is 0.0118. The van der Waals surface area contributed by atoms with Crippen LogP contribution in [0.1, 0.15) is 13.3 Å². The molecule has 0 aromatic carbocycles. The quantitative estimate of drug-likeness (QED) is 0.744. The summed E-state index contributed by atoms with van der Waals surface area (Å²) in [6, 6.07) is 0. The molecule has 16 heavy (non-hydrogen) atoms. The number of ether oxygens (including phenoxy) is 1. The van der Waals surface area contributed by atoms with Crippen LogP contribution in [-0.2, 0) is 9.53 Å². The van der Waals surface area contributed by atoms with Crippen LogP contribution in [0.15, 0.2) is 23.4 Å². The number of rotatable bonds is 2. The average Bonchev–Trinajstić information content (AvgIpc) is 2.64. The Kier molecular flexibility index (Phi) is 2.78. The van der Waals surface area contributed by atoms with Gasteiger partial charge in [-0.1, -0.05) is 6.08 Å². The van der Waals surface area contributed by atoms with Crippen LogP contribution < -0.4 is 0 Å². The molecule has 0 spiro atoms. The van der Waals surface area contributed by atoms with Crippen LogP contribution in [0.3, 0.4) is 0 Å². The second-order valence-corrected chi connectivity index (χ2v) is 3.91. The van der Waals surface area contributed by atoms with Crippen LogP contribution in [0, 0.1) is 0 Å². The Labute approximate surface area is 93.0 Å². The molecule has 1 fully saturated rings. The Bertz CT molecular complexity index is 397. The van der Waals surface area contributed by atoms with Gasteiger partial charge in [0.1, 0.15) is 6.10 Å². The summed E-state index contributed by atoms with van der Waals surface area (Å²) in [5.41, 5.74) is 1.33. The average molecular weight is 223 g/mol. The molecule has 1 aliphatic carbocycles. The number of aliphatic hydroxyl groups excluding tert-OH is 1. The molecule has 1 aliphatic heterocycles. The first kappa shape index (κ1) is 10.9. The maximum Gasteiger partial charge on any atom is 0.414 e. The lowest BCUT2D eigenvalue weighted by Crippen LogP contribution is -2.27. The van der Waals surface area contributed by atoms with Gasteiger partial charge < -0.3 is 9.84 Å².